The van der Waals surface area contributed by atoms with Gasteiger partial charge in [-0.25, -0.2) is 0 Å². The van der Waals surface area contributed by atoms with Gasteiger partial charge < -0.3 is 10.5 Å². The SMILES string of the molecule is COC(C1CC1)[C@H](C)N. The van der Waals surface area contributed by atoms with E-state index >= 15 is 0 Å². The smallest absolute Gasteiger partial charge is 0.0747 e. The molecule has 1 fully saturated rings. The van der Waals surface area contributed by atoms with Crippen LogP contribution in [0.1, 0.15) is 19.8 Å². The summed E-state index contributed by atoms with van der Waals surface area (Å²) >= 11 is 0. The monoisotopic (exact) mass is 129 g/mol. The zero-order valence-electron chi connectivity index (χ0n) is 6.13. The first-order valence-electron chi connectivity index (χ1n) is 3.54. The minimum atomic E-state index is 0.197. The third-order valence-electron chi connectivity index (χ3n) is 1.88. The van der Waals surface area contributed by atoms with Gasteiger partial charge in [-0.15, -0.1) is 0 Å². The van der Waals surface area contributed by atoms with Crippen LogP contribution in [-0.4, -0.2) is 19.3 Å². The molecule has 0 bridgehead atoms. The molecule has 1 unspecified atom stereocenters. The quantitative estimate of drug-likeness (QED) is 0.610. The van der Waals surface area contributed by atoms with Gasteiger partial charge in [0, 0.05) is 13.2 Å². The molecular formula is C7H15NO. The molecule has 0 saturated heterocycles. The highest BCUT2D eigenvalue weighted by Gasteiger charge is 2.33. The van der Waals surface area contributed by atoms with Crippen LogP contribution in [0.5, 0.6) is 0 Å². The molecule has 2 heteroatoms. The summed E-state index contributed by atoms with van der Waals surface area (Å²) < 4.78 is 5.21. The topological polar surface area (TPSA) is 35.2 Å². The van der Waals surface area contributed by atoms with Crippen molar-refractivity contribution in [2.24, 2.45) is 11.7 Å². The summed E-state index contributed by atoms with van der Waals surface area (Å²) in [6.07, 6.45) is 2.92. The van der Waals surface area contributed by atoms with E-state index in [1.807, 2.05) is 6.92 Å². The van der Waals surface area contributed by atoms with Crippen molar-refractivity contribution >= 4 is 0 Å². The minimum Gasteiger partial charge on any atom is -0.380 e. The molecule has 1 saturated carbocycles. The lowest BCUT2D eigenvalue weighted by Crippen LogP contribution is -2.34. The van der Waals surface area contributed by atoms with Gasteiger partial charge in [-0.1, -0.05) is 0 Å². The molecule has 0 spiro atoms. The molecule has 0 heterocycles. The molecule has 0 aromatic carbocycles. The normalized spacial score (nSPS) is 25.7. The Morgan fingerprint density at radius 3 is 2.22 bits per heavy atom. The van der Waals surface area contributed by atoms with E-state index in [1.165, 1.54) is 12.8 Å². The maximum Gasteiger partial charge on any atom is 0.0747 e. The maximum absolute atomic E-state index is 5.66. The summed E-state index contributed by atoms with van der Waals surface area (Å²) in [7, 11) is 1.74. The third kappa shape index (κ3) is 1.66. The second-order valence-electron chi connectivity index (χ2n) is 2.90. The van der Waals surface area contributed by atoms with E-state index in [1.54, 1.807) is 7.11 Å². The molecule has 0 aromatic heterocycles. The molecule has 2 N–H and O–H groups in total. The van der Waals surface area contributed by atoms with E-state index in [0.29, 0.717) is 6.10 Å². The Morgan fingerprint density at radius 2 is 2.11 bits per heavy atom. The highest BCUT2D eigenvalue weighted by Crippen LogP contribution is 2.34. The van der Waals surface area contributed by atoms with Crippen LogP contribution in [-0.2, 0) is 4.74 Å². The van der Waals surface area contributed by atoms with Crippen LogP contribution in [0.2, 0.25) is 0 Å². The maximum atomic E-state index is 5.66. The second-order valence-corrected chi connectivity index (χ2v) is 2.90. The Kier molecular flexibility index (Phi) is 2.09. The van der Waals surface area contributed by atoms with Crippen molar-refractivity contribution < 1.29 is 4.74 Å². The molecule has 0 aliphatic heterocycles. The number of ether oxygens (including phenoxy) is 1. The van der Waals surface area contributed by atoms with E-state index in [9.17, 15) is 0 Å². The second kappa shape index (κ2) is 2.67. The van der Waals surface area contributed by atoms with Crippen LogP contribution in [0, 0.1) is 5.92 Å². The first-order valence-corrected chi connectivity index (χ1v) is 3.54. The van der Waals surface area contributed by atoms with Gasteiger partial charge in [-0.2, -0.15) is 0 Å². The van der Waals surface area contributed by atoms with Crippen LogP contribution in [0.15, 0.2) is 0 Å². The summed E-state index contributed by atoms with van der Waals surface area (Å²) in [5.74, 6) is 0.759. The standard InChI is InChI=1S/C7H15NO/c1-5(8)7(9-2)6-3-4-6/h5-7H,3-4,8H2,1-2H3/t5-,7?/m0/s1. The zero-order valence-corrected chi connectivity index (χ0v) is 6.13. The van der Waals surface area contributed by atoms with Crippen molar-refractivity contribution in [3.05, 3.63) is 0 Å². The Hall–Kier alpha value is -0.0800. The summed E-state index contributed by atoms with van der Waals surface area (Å²) in [6.45, 7) is 2.01. The van der Waals surface area contributed by atoms with Gasteiger partial charge >= 0.3 is 0 Å². The number of nitrogens with two attached hydrogens (primary N) is 1. The van der Waals surface area contributed by atoms with Crippen molar-refractivity contribution in [3.8, 4) is 0 Å². The molecule has 1 rings (SSSR count). The van der Waals surface area contributed by atoms with Crippen LogP contribution in [0.25, 0.3) is 0 Å². The number of methoxy groups -OCH3 is 1. The molecule has 2 nitrogen and oxygen atoms in total. The van der Waals surface area contributed by atoms with Crippen molar-refractivity contribution in [2.45, 2.75) is 31.9 Å². The summed E-state index contributed by atoms with van der Waals surface area (Å²) in [6, 6.07) is 0.197. The minimum absolute atomic E-state index is 0.197. The zero-order chi connectivity index (χ0) is 6.85. The highest BCUT2D eigenvalue weighted by molar-refractivity contribution is 4.86. The fourth-order valence-corrected chi connectivity index (χ4v) is 1.26. The Morgan fingerprint density at radius 1 is 1.56 bits per heavy atom. The molecular weight excluding hydrogens is 114 g/mol. The largest absolute Gasteiger partial charge is 0.380 e. The van der Waals surface area contributed by atoms with Crippen LogP contribution in [0.4, 0.5) is 0 Å². The van der Waals surface area contributed by atoms with Gasteiger partial charge in [0.2, 0.25) is 0 Å². The predicted molar refractivity (Wildman–Crippen MR) is 37.2 cm³/mol. The molecule has 0 amide bonds. The van der Waals surface area contributed by atoms with E-state index < -0.39 is 0 Å². The number of hydrogen-bond acceptors (Lipinski definition) is 2. The first-order chi connectivity index (χ1) is 4.25. The Balaban J connectivity index is 2.28. The van der Waals surface area contributed by atoms with Crippen molar-refractivity contribution in [2.75, 3.05) is 7.11 Å². The summed E-state index contributed by atoms with van der Waals surface area (Å²) in [5, 5.41) is 0. The van der Waals surface area contributed by atoms with Gasteiger partial charge in [0.25, 0.3) is 0 Å². The molecule has 54 valence electrons. The third-order valence-corrected chi connectivity index (χ3v) is 1.88. The first kappa shape index (κ1) is 7.03. The van der Waals surface area contributed by atoms with Gasteiger partial charge in [-0.3, -0.25) is 0 Å². The van der Waals surface area contributed by atoms with Gasteiger partial charge in [-0.05, 0) is 25.7 Å². The van der Waals surface area contributed by atoms with Crippen molar-refractivity contribution in [1.82, 2.24) is 0 Å². The van der Waals surface area contributed by atoms with Crippen LogP contribution < -0.4 is 5.73 Å². The Bertz CT molecular complexity index is 86.9. The van der Waals surface area contributed by atoms with Crippen LogP contribution >= 0.6 is 0 Å². The van der Waals surface area contributed by atoms with E-state index in [4.69, 9.17) is 10.5 Å². The van der Waals surface area contributed by atoms with Crippen molar-refractivity contribution in [1.29, 1.82) is 0 Å². The van der Waals surface area contributed by atoms with Crippen LogP contribution in [0.3, 0.4) is 0 Å². The lowest BCUT2D eigenvalue weighted by Gasteiger charge is -2.17. The fourth-order valence-electron chi connectivity index (χ4n) is 1.26. The summed E-state index contributed by atoms with van der Waals surface area (Å²) in [5.41, 5.74) is 5.66. The lowest BCUT2D eigenvalue weighted by molar-refractivity contribution is 0.0675. The predicted octanol–water partition coefficient (Wildman–Crippen LogP) is 0.759. The molecule has 9 heavy (non-hydrogen) atoms. The molecule has 0 aromatic rings. The lowest BCUT2D eigenvalue weighted by atomic mass is 10.1. The fraction of sp³-hybridized carbons (Fsp3) is 1.00. The highest BCUT2D eigenvalue weighted by atomic mass is 16.5. The Labute approximate surface area is 56.4 Å². The molecule has 2 atom stereocenters. The van der Waals surface area contributed by atoms with E-state index in [-0.39, 0.29) is 6.04 Å². The average Bonchev–Trinajstić information content (AvgIpc) is 2.50. The molecule has 1 aliphatic carbocycles. The van der Waals surface area contributed by atoms with Gasteiger partial charge in [0.15, 0.2) is 0 Å². The van der Waals surface area contributed by atoms with E-state index in [2.05, 4.69) is 0 Å². The molecule has 1 aliphatic rings. The number of rotatable bonds is 3. The van der Waals surface area contributed by atoms with Gasteiger partial charge in [0.05, 0.1) is 6.10 Å². The molecule has 0 radical (unpaired) electrons. The van der Waals surface area contributed by atoms with Crippen molar-refractivity contribution in [3.63, 3.8) is 0 Å². The van der Waals surface area contributed by atoms with E-state index in [0.717, 1.165) is 5.92 Å². The van der Waals surface area contributed by atoms with Gasteiger partial charge in [0.1, 0.15) is 0 Å². The number of hydrogen-bond donors (Lipinski definition) is 1. The summed E-state index contributed by atoms with van der Waals surface area (Å²) in [4.78, 5) is 0. The average molecular weight is 129 g/mol.